The Labute approximate surface area is 236 Å². The van der Waals surface area contributed by atoms with E-state index in [0.717, 1.165) is 21.6 Å². The quantitative estimate of drug-likeness (QED) is 0.219. The molecule has 3 N–H and O–H groups in total. The van der Waals surface area contributed by atoms with Gasteiger partial charge in [0, 0.05) is 40.7 Å². The molecule has 0 unspecified atom stereocenters. The minimum Gasteiger partial charge on any atom is -0.478 e. The average Bonchev–Trinajstić information content (AvgIpc) is 3.01. The van der Waals surface area contributed by atoms with E-state index < -0.39 is 12.3 Å². The van der Waals surface area contributed by atoms with Gasteiger partial charge in [-0.25, -0.2) is 4.79 Å². The second kappa shape index (κ2) is 12.9. The first-order chi connectivity index (χ1) is 19.5. The maximum absolute atomic E-state index is 12.5. The van der Waals surface area contributed by atoms with Crippen LogP contribution in [0.15, 0.2) is 102 Å². The number of hydrogen-bond donors (Lipinski definition) is 3. The number of nitrogens with one attached hydrogen (secondary N) is 1. The fourth-order valence-electron chi connectivity index (χ4n) is 4.33. The van der Waals surface area contributed by atoms with Crippen LogP contribution < -0.4 is 5.32 Å². The van der Waals surface area contributed by atoms with Crippen molar-refractivity contribution in [2.75, 3.05) is 11.1 Å². The van der Waals surface area contributed by atoms with Gasteiger partial charge in [-0.05, 0) is 59.7 Å². The van der Waals surface area contributed by atoms with E-state index in [1.807, 2.05) is 48.5 Å². The van der Waals surface area contributed by atoms with Crippen LogP contribution >= 0.6 is 11.8 Å². The second-order valence-electron chi connectivity index (χ2n) is 9.31. The lowest BCUT2D eigenvalue weighted by Gasteiger charge is -2.36. The van der Waals surface area contributed by atoms with E-state index in [2.05, 4.69) is 10.3 Å². The molecule has 3 aromatic carbocycles. The molecular formula is C31H28N2O6S. The van der Waals surface area contributed by atoms with Crippen LogP contribution in [-0.2, 0) is 16.1 Å². The summed E-state index contributed by atoms with van der Waals surface area (Å²) in [6.45, 7) is -0.0266. The molecule has 1 aliphatic heterocycles. The molecule has 3 atom stereocenters. The summed E-state index contributed by atoms with van der Waals surface area (Å²) in [6, 6.07) is 25.3. The highest BCUT2D eigenvalue weighted by atomic mass is 32.2. The van der Waals surface area contributed by atoms with E-state index in [0.29, 0.717) is 23.4 Å². The van der Waals surface area contributed by atoms with E-state index in [4.69, 9.17) is 14.6 Å². The van der Waals surface area contributed by atoms with Crippen LogP contribution in [-0.4, -0.2) is 38.9 Å². The second-order valence-corrected chi connectivity index (χ2v) is 10.4. The highest BCUT2D eigenvalue weighted by Gasteiger charge is 2.32. The van der Waals surface area contributed by atoms with E-state index in [-0.39, 0.29) is 30.3 Å². The van der Waals surface area contributed by atoms with E-state index >= 15 is 0 Å². The normalized spacial score (nSPS) is 18.7. The van der Waals surface area contributed by atoms with Crippen molar-refractivity contribution < 1.29 is 29.3 Å². The first-order valence-electron chi connectivity index (χ1n) is 12.8. The van der Waals surface area contributed by atoms with Crippen LogP contribution in [0, 0.1) is 0 Å². The number of pyridine rings is 1. The summed E-state index contributed by atoms with van der Waals surface area (Å²) in [5.74, 6) is -0.549. The molecule has 2 heterocycles. The van der Waals surface area contributed by atoms with Crippen LogP contribution in [0.2, 0.25) is 0 Å². The zero-order chi connectivity index (χ0) is 27.9. The first-order valence-corrected chi connectivity index (χ1v) is 13.7. The number of benzene rings is 3. The van der Waals surface area contributed by atoms with Gasteiger partial charge in [0.2, 0.25) is 0 Å². The smallest absolute Gasteiger partial charge is 0.335 e. The largest absolute Gasteiger partial charge is 0.478 e. The van der Waals surface area contributed by atoms with Crippen molar-refractivity contribution >= 4 is 29.3 Å². The summed E-state index contributed by atoms with van der Waals surface area (Å²) in [4.78, 5) is 28.6. The highest BCUT2D eigenvalue weighted by molar-refractivity contribution is 7.99. The summed E-state index contributed by atoms with van der Waals surface area (Å²) in [6.07, 6.45) is 2.77. The number of thioether (sulfide) groups is 1. The van der Waals surface area contributed by atoms with Crippen molar-refractivity contribution in [1.29, 1.82) is 0 Å². The van der Waals surface area contributed by atoms with Crippen LogP contribution in [0.3, 0.4) is 0 Å². The van der Waals surface area contributed by atoms with Crippen molar-refractivity contribution in [1.82, 2.24) is 4.98 Å². The lowest BCUT2D eigenvalue weighted by atomic mass is 10.0. The predicted molar refractivity (Wildman–Crippen MR) is 151 cm³/mol. The molecule has 1 aliphatic rings. The molecular weight excluding hydrogens is 528 g/mol. The van der Waals surface area contributed by atoms with Crippen molar-refractivity contribution in [3.8, 4) is 0 Å². The number of aliphatic hydroxyl groups excluding tert-OH is 1. The monoisotopic (exact) mass is 556 g/mol. The van der Waals surface area contributed by atoms with Crippen molar-refractivity contribution in [2.24, 2.45) is 0 Å². The Hall–Kier alpha value is -4.02. The number of ether oxygens (including phenoxy) is 2. The van der Waals surface area contributed by atoms with Crippen molar-refractivity contribution in [3.63, 3.8) is 0 Å². The number of carboxylic acid groups (broad SMARTS) is 1. The van der Waals surface area contributed by atoms with Crippen LogP contribution in [0.5, 0.6) is 0 Å². The van der Waals surface area contributed by atoms with Gasteiger partial charge >= 0.3 is 5.97 Å². The van der Waals surface area contributed by atoms with Gasteiger partial charge in [0.25, 0.3) is 5.91 Å². The molecule has 1 aromatic heterocycles. The SMILES string of the molecule is O=C(O)c1ccc(SC[C@H]2C[C@@H](c3ccc(CO)cc3)O[C@@H](c3ccc(NC(=O)c4cccnc4)cc3)O2)cc1. The molecule has 1 fully saturated rings. The third-order valence-electron chi connectivity index (χ3n) is 6.52. The molecule has 0 radical (unpaired) electrons. The number of aromatic nitrogens is 1. The Balaban J connectivity index is 1.30. The summed E-state index contributed by atoms with van der Waals surface area (Å²) < 4.78 is 12.8. The van der Waals surface area contributed by atoms with Gasteiger partial charge in [-0.15, -0.1) is 11.8 Å². The number of rotatable bonds is 9. The minimum absolute atomic E-state index is 0.0266. The average molecular weight is 557 g/mol. The molecule has 1 amide bonds. The van der Waals surface area contributed by atoms with Gasteiger partial charge in [-0.2, -0.15) is 0 Å². The standard InChI is InChI=1S/C31H28N2O6S/c34-18-20-3-5-21(6-4-20)28-16-26(19-40-27-13-9-22(10-14-27)30(36)37)38-31(39-28)23-7-11-25(12-8-23)33-29(35)24-2-1-15-32-17-24/h1-15,17,26,28,31,34H,16,18-19H2,(H,33,35)(H,36,37)/t26-,28+,31+/m1/s1. The van der Waals surface area contributed by atoms with Gasteiger partial charge in [-0.1, -0.05) is 36.4 Å². The molecule has 1 saturated heterocycles. The van der Waals surface area contributed by atoms with Gasteiger partial charge in [0.15, 0.2) is 6.29 Å². The maximum atomic E-state index is 12.5. The Kier molecular flexibility index (Phi) is 8.87. The van der Waals surface area contributed by atoms with Crippen molar-refractivity contribution in [2.45, 2.75) is 36.4 Å². The van der Waals surface area contributed by atoms with E-state index in [1.54, 1.807) is 54.4 Å². The number of amides is 1. The third-order valence-corrected chi connectivity index (χ3v) is 7.66. The van der Waals surface area contributed by atoms with Gasteiger partial charge in [-0.3, -0.25) is 9.78 Å². The lowest BCUT2D eigenvalue weighted by molar-refractivity contribution is -0.245. The summed E-state index contributed by atoms with van der Waals surface area (Å²) in [7, 11) is 0. The Morgan fingerprint density at radius 2 is 1.62 bits per heavy atom. The Bertz CT molecular complexity index is 1430. The fraction of sp³-hybridized carbons (Fsp3) is 0.194. The molecule has 4 aromatic rings. The summed E-state index contributed by atoms with van der Waals surface area (Å²) in [5.41, 5.74) is 4.00. The minimum atomic E-state index is -0.954. The topological polar surface area (TPSA) is 118 Å². The molecule has 0 saturated carbocycles. The lowest BCUT2D eigenvalue weighted by Crippen LogP contribution is -2.31. The van der Waals surface area contributed by atoms with Gasteiger partial charge in [0.1, 0.15) is 0 Å². The summed E-state index contributed by atoms with van der Waals surface area (Å²) in [5, 5.41) is 21.4. The van der Waals surface area contributed by atoms with Crippen LogP contribution in [0.25, 0.3) is 0 Å². The Morgan fingerprint density at radius 3 is 2.27 bits per heavy atom. The first kappa shape index (κ1) is 27.5. The van der Waals surface area contributed by atoms with Crippen LogP contribution in [0.4, 0.5) is 5.69 Å². The Morgan fingerprint density at radius 1 is 0.900 bits per heavy atom. The zero-order valence-electron chi connectivity index (χ0n) is 21.5. The number of aliphatic hydroxyl groups is 1. The zero-order valence-corrected chi connectivity index (χ0v) is 22.3. The molecule has 0 spiro atoms. The molecule has 9 heteroatoms. The number of carbonyl (C=O) groups excluding carboxylic acids is 1. The number of hydrogen-bond acceptors (Lipinski definition) is 7. The molecule has 0 bridgehead atoms. The molecule has 204 valence electrons. The maximum Gasteiger partial charge on any atom is 0.335 e. The van der Waals surface area contributed by atoms with E-state index in [1.165, 1.54) is 6.20 Å². The number of nitrogens with zero attached hydrogens (tertiary/aromatic N) is 1. The van der Waals surface area contributed by atoms with E-state index in [9.17, 15) is 14.7 Å². The third kappa shape index (κ3) is 6.94. The fourth-order valence-corrected chi connectivity index (χ4v) is 5.25. The molecule has 5 rings (SSSR count). The number of anilines is 1. The molecule has 0 aliphatic carbocycles. The molecule has 8 nitrogen and oxygen atoms in total. The van der Waals surface area contributed by atoms with Crippen LogP contribution in [0.1, 0.15) is 56.2 Å². The van der Waals surface area contributed by atoms with Gasteiger partial charge < -0.3 is 25.0 Å². The van der Waals surface area contributed by atoms with Crippen molar-refractivity contribution in [3.05, 3.63) is 125 Å². The number of aromatic carboxylic acids is 1. The number of carboxylic acids is 1. The summed E-state index contributed by atoms with van der Waals surface area (Å²) >= 11 is 1.60. The predicted octanol–water partition coefficient (Wildman–Crippen LogP) is 5.86. The number of carbonyl (C=O) groups is 2. The molecule has 40 heavy (non-hydrogen) atoms. The highest BCUT2D eigenvalue weighted by Crippen LogP contribution is 2.39. The van der Waals surface area contributed by atoms with Gasteiger partial charge in [0.05, 0.1) is 29.9 Å².